The second-order valence-electron chi connectivity index (χ2n) is 8.89. The van der Waals surface area contributed by atoms with E-state index in [-0.39, 0.29) is 29.1 Å². The number of benzene rings is 2. The van der Waals surface area contributed by atoms with Crippen molar-refractivity contribution in [3.8, 4) is 28.8 Å². The first-order valence-electron chi connectivity index (χ1n) is 11.8. The zero-order valence-electron chi connectivity index (χ0n) is 20.8. The normalized spacial score (nSPS) is 11.9. The summed E-state index contributed by atoms with van der Waals surface area (Å²) in [6.07, 6.45) is -2.92. The van der Waals surface area contributed by atoms with Gasteiger partial charge in [0.25, 0.3) is 0 Å². The van der Waals surface area contributed by atoms with Crippen molar-refractivity contribution in [1.29, 1.82) is 0 Å². The SMILES string of the molecule is Cc1cc(Br)cc2c(=O)oc(-c3cc(Cn4nnc(-c5ccc(C(F)(F)F)cc5)n4)nn3-c3ncccc3Cl)nc12. The highest BCUT2D eigenvalue weighted by Gasteiger charge is 2.30. The molecule has 41 heavy (non-hydrogen) atoms. The highest BCUT2D eigenvalue weighted by atomic mass is 79.9. The van der Waals surface area contributed by atoms with Crippen LogP contribution in [0.5, 0.6) is 0 Å². The van der Waals surface area contributed by atoms with Crippen LogP contribution in [0.4, 0.5) is 13.2 Å². The first-order valence-corrected chi connectivity index (χ1v) is 13.0. The molecule has 0 aliphatic heterocycles. The van der Waals surface area contributed by atoms with Crippen LogP contribution in [0.25, 0.3) is 39.7 Å². The van der Waals surface area contributed by atoms with Crippen molar-refractivity contribution in [2.75, 3.05) is 0 Å². The van der Waals surface area contributed by atoms with E-state index in [2.05, 4.69) is 46.4 Å². The van der Waals surface area contributed by atoms with E-state index in [1.165, 1.54) is 27.8 Å². The van der Waals surface area contributed by atoms with Gasteiger partial charge in [0, 0.05) is 16.2 Å². The quantitative estimate of drug-likeness (QED) is 0.229. The Morgan fingerprint density at radius 3 is 2.59 bits per heavy atom. The Morgan fingerprint density at radius 1 is 1.07 bits per heavy atom. The Morgan fingerprint density at radius 2 is 1.85 bits per heavy atom. The molecule has 0 unspecified atom stereocenters. The maximum absolute atomic E-state index is 12.9. The number of hydrogen-bond acceptors (Lipinski definition) is 8. The lowest BCUT2D eigenvalue weighted by atomic mass is 10.1. The molecule has 6 aromatic rings. The summed E-state index contributed by atoms with van der Waals surface area (Å²) in [5, 5.41) is 17.4. The minimum atomic E-state index is -4.45. The lowest BCUT2D eigenvalue weighted by Gasteiger charge is -2.08. The van der Waals surface area contributed by atoms with Crippen LogP contribution in [0.1, 0.15) is 16.8 Å². The van der Waals surface area contributed by atoms with Crippen molar-refractivity contribution in [1.82, 2.24) is 40.0 Å². The minimum absolute atomic E-state index is 0.00890. The fraction of sp³-hybridized carbons (Fsp3) is 0.115. The van der Waals surface area contributed by atoms with Gasteiger partial charge in [-0.2, -0.15) is 23.1 Å². The summed E-state index contributed by atoms with van der Waals surface area (Å²) >= 11 is 9.80. The van der Waals surface area contributed by atoms with Crippen LogP contribution in [0, 0.1) is 6.92 Å². The third kappa shape index (κ3) is 5.23. The molecule has 0 N–H and O–H groups in total. The van der Waals surface area contributed by atoms with Gasteiger partial charge in [0.2, 0.25) is 11.7 Å². The zero-order chi connectivity index (χ0) is 28.9. The fourth-order valence-corrected chi connectivity index (χ4v) is 4.92. The van der Waals surface area contributed by atoms with Crippen molar-refractivity contribution >= 4 is 38.4 Å². The molecule has 0 saturated heterocycles. The third-order valence-electron chi connectivity index (χ3n) is 6.03. The molecule has 0 aliphatic rings. The van der Waals surface area contributed by atoms with E-state index >= 15 is 0 Å². The van der Waals surface area contributed by atoms with Gasteiger partial charge in [-0.1, -0.05) is 39.7 Å². The highest BCUT2D eigenvalue weighted by Crippen LogP contribution is 2.31. The smallest absolute Gasteiger partial charge is 0.401 e. The molecular formula is C26H15BrClF3N8O2. The monoisotopic (exact) mass is 642 g/mol. The second kappa shape index (κ2) is 10.2. The number of halogens is 5. The van der Waals surface area contributed by atoms with E-state index in [0.717, 1.165) is 17.7 Å². The third-order valence-corrected chi connectivity index (χ3v) is 6.79. The molecule has 6 rings (SSSR count). The average Bonchev–Trinajstić information content (AvgIpc) is 3.57. The molecule has 0 saturated carbocycles. The largest absolute Gasteiger partial charge is 0.416 e. The predicted molar refractivity (Wildman–Crippen MR) is 145 cm³/mol. The molecule has 2 aromatic carbocycles. The van der Waals surface area contributed by atoms with Crippen LogP contribution >= 0.6 is 27.5 Å². The van der Waals surface area contributed by atoms with Crippen molar-refractivity contribution in [3.63, 3.8) is 0 Å². The van der Waals surface area contributed by atoms with Crippen LogP contribution in [-0.2, 0) is 12.7 Å². The zero-order valence-corrected chi connectivity index (χ0v) is 23.1. The minimum Gasteiger partial charge on any atom is -0.401 e. The molecular weight excluding hydrogens is 629 g/mol. The topological polar surface area (TPSA) is 117 Å². The van der Waals surface area contributed by atoms with Crippen molar-refractivity contribution < 1.29 is 17.6 Å². The summed E-state index contributed by atoms with van der Waals surface area (Å²) in [6, 6.07) is 12.8. The van der Waals surface area contributed by atoms with Gasteiger partial charge in [-0.05, 0) is 60.2 Å². The van der Waals surface area contributed by atoms with E-state index in [1.54, 1.807) is 24.3 Å². The van der Waals surface area contributed by atoms with E-state index in [4.69, 9.17) is 16.0 Å². The van der Waals surface area contributed by atoms with Gasteiger partial charge in [0.05, 0.1) is 27.2 Å². The van der Waals surface area contributed by atoms with Gasteiger partial charge in [0.15, 0.2) is 5.82 Å². The number of tetrazole rings is 1. The molecule has 15 heteroatoms. The van der Waals surface area contributed by atoms with E-state index < -0.39 is 17.4 Å². The Bertz CT molecular complexity index is 1990. The Balaban J connectivity index is 1.40. The van der Waals surface area contributed by atoms with Gasteiger partial charge in [-0.3, -0.25) is 0 Å². The molecule has 4 heterocycles. The molecule has 0 aliphatic carbocycles. The first kappa shape index (κ1) is 26.8. The maximum atomic E-state index is 12.9. The number of pyridine rings is 1. The fourth-order valence-electron chi connectivity index (χ4n) is 4.15. The van der Waals surface area contributed by atoms with Gasteiger partial charge in [-0.25, -0.2) is 19.4 Å². The standard InChI is InChI=1S/C26H15BrClF3N8O2/c1-13-9-16(27)10-18-21(13)33-24(41-25(18)40)20-11-17(35-39(20)23-19(28)3-2-8-32-23)12-38-36-22(34-37-38)14-4-6-15(7-5-14)26(29,30)31/h2-11H,12H2,1H3. The molecule has 0 amide bonds. The maximum Gasteiger partial charge on any atom is 0.416 e. The molecule has 4 aromatic heterocycles. The van der Waals surface area contributed by atoms with Gasteiger partial charge in [0.1, 0.15) is 12.2 Å². The molecule has 0 spiro atoms. The number of hydrogen-bond donors (Lipinski definition) is 0. The summed E-state index contributed by atoms with van der Waals surface area (Å²) in [4.78, 5) is 23.1. The Kier molecular flexibility index (Phi) is 6.66. The summed E-state index contributed by atoms with van der Waals surface area (Å²) < 4.78 is 46.4. The first-order chi connectivity index (χ1) is 19.6. The summed E-state index contributed by atoms with van der Waals surface area (Å²) in [5.74, 6) is 0.393. The molecule has 206 valence electrons. The Labute approximate surface area is 241 Å². The van der Waals surface area contributed by atoms with Crippen molar-refractivity contribution in [3.05, 3.63) is 97.5 Å². The molecule has 0 radical (unpaired) electrons. The Hall–Kier alpha value is -4.43. The lowest BCUT2D eigenvalue weighted by molar-refractivity contribution is -0.137. The number of fused-ring (bicyclic) bond motifs is 1. The predicted octanol–water partition coefficient (Wildman–Crippen LogP) is 5.88. The van der Waals surface area contributed by atoms with Crippen LogP contribution in [-0.4, -0.2) is 40.0 Å². The van der Waals surface area contributed by atoms with Gasteiger partial charge >= 0.3 is 11.8 Å². The number of alkyl halides is 3. The van der Waals surface area contributed by atoms with Crippen LogP contribution in [0.15, 0.2) is 74.5 Å². The number of rotatable bonds is 5. The number of nitrogens with zero attached hydrogens (tertiary/aromatic N) is 8. The van der Waals surface area contributed by atoms with Crippen LogP contribution in [0.2, 0.25) is 5.02 Å². The second-order valence-corrected chi connectivity index (χ2v) is 10.2. The number of aromatic nitrogens is 8. The van der Waals surface area contributed by atoms with E-state index in [0.29, 0.717) is 32.3 Å². The average molecular weight is 644 g/mol. The van der Waals surface area contributed by atoms with Crippen LogP contribution in [0.3, 0.4) is 0 Å². The molecule has 10 nitrogen and oxygen atoms in total. The highest BCUT2D eigenvalue weighted by molar-refractivity contribution is 9.10. The summed E-state index contributed by atoms with van der Waals surface area (Å²) in [5.41, 5.74) is 0.917. The van der Waals surface area contributed by atoms with Crippen molar-refractivity contribution in [2.45, 2.75) is 19.6 Å². The van der Waals surface area contributed by atoms with Gasteiger partial charge in [-0.15, -0.1) is 10.2 Å². The summed E-state index contributed by atoms with van der Waals surface area (Å²) in [7, 11) is 0. The van der Waals surface area contributed by atoms with Gasteiger partial charge < -0.3 is 4.42 Å². The lowest BCUT2D eigenvalue weighted by Crippen LogP contribution is -2.08. The molecule has 0 fully saturated rings. The van der Waals surface area contributed by atoms with E-state index in [1.807, 2.05) is 13.0 Å². The number of aryl methyl sites for hydroxylation is 1. The molecule has 0 bridgehead atoms. The van der Waals surface area contributed by atoms with E-state index in [9.17, 15) is 18.0 Å². The van der Waals surface area contributed by atoms with Crippen LogP contribution < -0.4 is 5.63 Å². The van der Waals surface area contributed by atoms with Crippen molar-refractivity contribution in [2.24, 2.45) is 0 Å². The summed E-state index contributed by atoms with van der Waals surface area (Å²) in [6.45, 7) is 1.84. The molecule has 0 atom stereocenters.